The van der Waals surface area contributed by atoms with Crippen LogP contribution in [0.4, 0.5) is 5.69 Å². The van der Waals surface area contributed by atoms with E-state index in [4.69, 9.17) is 4.74 Å². The molecular weight excluding hydrogens is 320 g/mol. The van der Waals surface area contributed by atoms with Gasteiger partial charge in [0, 0.05) is 17.4 Å². The fourth-order valence-electron chi connectivity index (χ4n) is 2.51. The number of carbonyl (C=O) groups excluding carboxylic acids is 1. The second kappa shape index (κ2) is 7.53. The van der Waals surface area contributed by atoms with Crippen molar-refractivity contribution < 1.29 is 9.53 Å². The summed E-state index contributed by atoms with van der Waals surface area (Å²) < 4.78 is 5.45. The third kappa shape index (κ3) is 3.62. The molecule has 0 aromatic heterocycles. The van der Waals surface area contributed by atoms with Crippen LogP contribution in [0.5, 0.6) is 5.75 Å². The van der Waals surface area contributed by atoms with E-state index in [0.29, 0.717) is 12.2 Å². The number of hydrogen-bond acceptors (Lipinski definition) is 4. The fourth-order valence-corrected chi connectivity index (χ4v) is 3.63. The summed E-state index contributed by atoms with van der Waals surface area (Å²) in [5, 5.41) is 0.750. The summed E-state index contributed by atoms with van der Waals surface area (Å²) in [7, 11) is 0. The number of benzene rings is 2. The highest BCUT2D eigenvalue weighted by Crippen LogP contribution is 2.29. The lowest BCUT2D eigenvalue weighted by molar-refractivity contribution is 0.0828. The lowest BCUT2D eigenvalue weighted by atomic mass is 10.2. The normalized spacial score (nSPS) is 18.8. The van der Waals surface area contributed by atoms with Gasteiger partial charge in [0.25, 0.3) is 5.91 Å². The minimum Gasteiger partial charge on any atom is -0.494 e. The van der Waals surface area contributed by atoms with E-state index in [2.05, 4.69) is 11.9 Å². The average molecular weight is 340 g/mol. The first-order valence-corrected chi connectivity index (χ1v) is 9.00. The third-order valence-corrected chi connectivity index (χ3v) is 4.91. The highest BCUT2D eigenvalue weighted by molar-refractivity contribution is 8.14. The lowest BCUT2D eigenvalue weighted by Gasteiger charge is -2.21. The van der Waals surface area contributed by atoms with Gasteiger partial charge < -0.3 is 4.74 Å². The molecule has 1 atom stereocenters. The summed E-state index contributed by atoms with van der Waals surface area (Å²) in [6, 6.07) is 17.1. The number of nitrogens with zero attached hydrogens (tertiary/aromatic N) is 2. The third-order valence-electron chi connectivity index (χ3n) is 3.71. The van der Waals surface area contributed by atoms with Gasteiger partial charge in [0.15, 0.2) is 5.17 Å². The van der Waals surface area contributed by atoms with Crippen LogP contribution in [0, 0.1) is 0 Å². The molecule has 1 aliphatic rings. The van der Waals surface area contributed by atoms with E-state index in [0.717, 1.165) is 22.4 Å². The maximum Gasteiger partial charge on any atom is 0.260 e. The molecule has 0 N–H and O–H groups in total. The van der Waals surface area contributed by atoms with Crippen molar-refractivity contribution in [2.24, 2.45) is 4.99 Å². The number of ether oxygens (including phenoxy) is 1. The van der Waals surface area contributed by atoms with Gasteiger partial charge in [0.05, 0.1) is 12.3 Å². The number of aliphatic imine (C=N–C) groups is 1. The molecular formula is C19H20N2O2S. The molecule has 1 saturated heterocycles. The second-order valence-electron chi connectivity index (χ2n) is 5.52. The van der Waals surface area contributed by atoms with Crippen molar-refractivity contribution >= 4 is 28.5 Å². The molecule has 5 heteroatoms. The Morgan fingerprint density at radius 3 is 2.58 bits per heavy atom. The zero-order valence-corrected chi connectivity index (χ0v) is 14.6. The number of thioether (sulfide) groups is 1. The van der Waals surface area contributed by atoms with E-state index in [1.54, 1.807) is 16.7 Å². The molecule has 1 amide bonds. The van der Waals surface area contributed by atoms with Crippen LogP contribution in [0.15, 0.2) is 59.6 Å². The topological polar surface area (TPSA) is 41.9 Å². The van der Waals surface area contributed by atoms with Crippen LogP contribution in [0.25, 0.3) is 0 Å². The van der Waals surface area contributed by atoms with Gasteiger partial charge in [-0.15, -0.1) is 0 Å². The van der Waals surface area contributed by atoms with E-state index in [1.807, 2.05) is 61.5 Å². The fraction of sp³-hybridized carbons (Fsp3) is 0.263. The number of hydrogen-bond donors (Lipinski definition) is 0. The number of amides is 1. The number of carbonyl (C=O) groups is 1. The first kappa shape index (κ1) is 16.6. The largest absolute Gasteiger partial charge is 0.494 e. The zero-order valence-electron chi connectivity index (χ0n) is 13.8. The molecule has 124 valence electrons. The molecule has 0 unspecified atom stereocenters. The Hall–Kier alpha value is -2.27. The van der Waals surface area contributed by atoms with Crippen molar-refractivity contribution in [3.05, 3.63) is 60.2 Å². The van der Waals surface area contributed by atoms with Gasteiger partial charge in [-0.3, -0.25) is 9.69 Å². The number of rotatable bonds is 4. The molecule has 1 fully saturated rings. The molecule has 2 aromatic carbocycles. The van der Waals surface area contributed by atoms with Gasteiger partial charge in [0.2, 0.25) is 0 Å². The molecule has 0 bridgehead atoms. The van der Waals surface area contributed by atoms with Crippen LogP contribution in [0.1, 0.15) is 24.2 Å². The van der Waals surface area contributed by atoms with Crippen molar-refractivity contribution in [3.8, 4) is 5.75 Å². The van der Waals surface area contributed by atoms with Gasteiger partial charge in [-0.05, 0) is 50.2 Å². The van der Waals surface area contributed by atoms with E-state index >= 15 is 0 Å². The first-order chi connectivity index (χ1) is 11.7. The molecule has 0 aliphatic carbocycles. The molecule has 0 spiro atoms. The van der Waals surface area contributed by atoms with Gasteiger partial charge in [-0.2, -0.15) is 0 Å². The monoisotopic (exact) mass is 340 g/mol. The van der Waals surface area contributed by atoms with Crippen molar-refractivity contribution in [3.63, 3.8) is 0 Å². The maximum absolute atomic E-state index is 12.8. The van der Waals surface area contributed by atoms with Crippen molar-refractivity contribution in [2.75, 3.05) is 12.4 Å². The Labute approximate surface area is 146 Å². The van der Waals surface area contributed by atoms with Crippen molar-refractivity contribution in [2.45, 2.75) is 19.9 Å². The smallest absolute Gasteiger partial charge is 0.260 e. The van der Waals surface area contributed by atoms with E-state index in [9.17, 15) is 4.79 Å². The maximum atomic E-state index is 12.8. The molecule has 3 rings (SSSR count). The standard InChI is InChI=1S/C19H20N2O2S/c1-3-23-17-11-9-16(10-12-17)20-19-21(14(2)13-24-19)18(22)15-7-5-4-6-8-15/h4-12,14H,3,13H2,1-2H3/t14-/m1/s1. The zero-order chi connectivity index (χ0) is 16.9. The SMILES string of the molecule is CCOc1ccc(N=C2SC[C@@H](C)N2C(=O)c2ccccc2)cc1. The Bertz CT molecular complexity index is 729. The predicted molar refractivity (Wildman–Crippen MR) is 99.2 cm³/mol. The van der Waals surface area contributed by atoms with Gasteiger partial charge in [-0.1, -0.05) is 30.0 Å². The number of amidine groups is 1. The molecule has 4 nitrogen and oxygen atoms in total. The molecule has 1 heterocycles. The summed E-state index contributed by atoms with van der Waals surface area (Å²) in [4.78, 5) is 19.3. The Morgan fingerprint density at radius 1 is 1.21 bits per heavy atom. The van der Waals surface area contributed by atoms with Crippen LogP contribution in [0.2, 0.25) is 0 Å². The van der Waals surface area contributed by atoms with Gasteiger partial charge in [-0.25, -0.2) is 4.99 Å². The molecule has 1 aliphatic heterocycles. The highest BCUT2D eigenvalue weighted by atomic mass is 32.2. The van der Waals surface area contributed by atoms with Crippen LogP contribution in [0.3, 0.4) is 0 Å². The molecule has 24 heavy (non-hydrogen) atoms. The van der Waals surface area contributed by atoms with Crippen molar-refractivity contribution in [1.82, 2.24) is 4.90 Å². The first-order valence-electron chi connectivity index (χ1n) is 8.02. The van der Waals surface area contributed by atoms with Crippen LogP contribution >= 0.6 is 11.8 Å². The lowest BCUT2D eigenvalue weighted by Crippen LogP contribution is -2.37. The Morgan fingerprint density at radius 2 is 1.92 bits per heavy atom. The van der Waals surface area contributed by atoms with Gasteiger partial charge >= 0.3 is 0 Å². The summed E-state index contributed by atoms with van der Waals surface area (Å²) in [6.07, 6.45) is 0. The van der Waals surface area contributed by atoms with E-state index < -0.39 is 0 Å². The average Bonchev–Trinajstić information content (AvgIpc) is 2.97. The predicted octanol–water partition coefficient (Wildman–Crippen LogP) is 4.35. The van der Waals surface area contributed by atoms with Gasteiger partial charge in [0.1, 0.15) is 5.75 Å². The van der Waals surface area contributed by atoms with Crippen molar-refractivity contribution in [1.29, 1.82) is 0 Å². The summed E-state index contributed by atoms with van der Waals surface area (Å²) in [5.74, 6) is 1.68. The Kier molecular flexibility index (Phi) is 5.20. The molecule has 0 saturated carbocycles. The second-order valence-corrected chi connectivity index (χ2v) is 6.51. The Balaban J connectivity index is 1.84. The van der Waals surface area contributed by atoms with Crippen LogP contribution in [-0.4, -0.2) is 34.4 Å². The highest BCUT2D eigenvalue weighted by Gasteiger charge is 2.32. The van der Waals surface area contributed by atoms with Crippen LogP contribution in [-0.2, 0) is 0 Å². The summed E-state index contributed by atoms with van der Waals surface area (Å²) >= 11 is 1.61. The summed E-state index contributed by atoms with van der Waals surface area (Å²) in [5.41, 5.74) is 1.51. The minimum absolute atomic E-state index is 0.00205. The molecule has 2 aromatic rings. The van der Waals surface area contributed by atoms with E-state index in [-0.39, 0.29) is 11.9 Å². The van der Waals surface area contributed by atoms with Crippen LogP contribution < -0.4 is 4.74 Å². The quantitative estimate of drug-likeness (QED) is 0.831. The summed E-state index contributed by atoms with van der Waals surface area (Å²) in [6.45, 7) is 4.65. The van der Waals surface area contributed by atoms with E-state index in [1.165, 1.54) is 0 Å². The molecule has 0 radical (unpaired) electrons. The minimum atomic E-state index is -0.00205.